The maximum Gasteiger partial charge on any atom is 0.422 e. The number of rotatable bonds is 1. The molecule has 0 atom stereocenters. The Kier molecular flexibility index (Phi) is 1.74. The molecule has 2 aliphatic heterocycles. The average molecular weight is 257 g/mol. The third-order valence-electron chi connectivity index (χ3n) is 4.14. The third-order valence-corrected chi connectivity index (χ3v) is 4.14. The van der Waals surface area contributed by atoms with E-state index in [-0.39, 0.29) is 17.5 Å². The molecule has 1 N–H and O–H groups in total. The Morgan fingerprint density at radius 1 is 1.47 bits per heavy atom. The fourth-order valence-corrected chi connectivity index (χ4v) is 3.10. The van der Waals surface area contributed by atoms with Crippen molar-refractivity contribution in [2.45, 2.75) is 18.4 Å². The number of piperidine rings is 2. The maximum atomic E-state index is 12.3. The van der Waals surface area contributed by atoms with Gasteiger partial charge in [0.1, 0.15) is 11.1 Å². The van der Waals surface area contributed by atoms with Gasteiger partial charge in [-0.3, -0.25) is 9.36 Å². The average Bonchev–Trinajstić information content (AvgIpc) is 2.64. The van der Waals surface area contributed by atoms with E-state index in [1.165, 1.54) is 4.57 Å². The molecule has 96 valence electrons. The number of nitrogens with one attached hydrogen (secondary N) is 1. The highest BCUT2D eigenvalue weighted by atomic mass is 16.4. The minimum Gasteiger partial charge on any atom is -0.389 e. The molecule has 0 aromatic carbocycles. The van der Waals surface area contributed by atoms with E-state index in [0.717, 1.165) is 5.70 Å². The van der Waals surface area contributed by atoms with Gasteiger partial charge in [-0.1, -0.05) is 6.58 Å². The Morgan fingerprint density at radius 3 is 3.00 bits per heavy atom. The zero-order valence-corrected chi connectivity index (χ0v) is 10.0. The van der Waals surface area contributed by atoms with E-state index in [1.54, 1.807) is 18.3 Å². The number of nitrogens with zero attached hydrogens (tertiary/aromatic N) is 2. The summed E-state index contributed by atoms with van der Waals surface area (Å²) in [7, 11) is 0. The summed E-state index contributed by atoms with van der Waals surface area (Å²) < 4.78 is 6.55. The van der Waals surface area contributed by atoms with Gasteiger partial charge in [0, 0.05) is 17.8 Å². The van der Waals surface area contributed by atoms with Gasteiger partial charge in [-0.15, -0.1) is 0 Å². The lowest BCUT2D eigenvalue weighted by Crippen LogP contribution is -2.64. The largest absolute Gasteiger partial charge is 0.422 e. The quantitative estimate of drug-likeness (QED) is 0.817. The SMILES string of the molecule is C=C1NC(=O)C2(n3c(=O)oc4ncccc43)CC1C2. The van der Waals surface area contributed by atoms with Crippen LogP contribution in [0.3, 0.4) is 0 Å². The molecule has 2 bridgehead atoms. The molecule has 3 aliphatic rings. The van der Waals surface area contributed by atoms with Crippen LogP contribution in [0.2, 0.25) is 0 Å². The normalized spacial score (nSPS) is 29.2. The van der Waals surface area contributed by atoms with Gasteiger partial charge in [0.25, 0.3) is 5.91 Å². The lowest BCUT2D eigenvalue weighted by atomic mass is 9.63. The molecule has 1 amide bonds. The van der Waals surface area contributed by atoms with E-state index in [4.69, 9.17) is 4.42 Å². The standard InChI is InChI=1S/C13H11N3O3/c1-7-8-5-13(6-8,11(17)15-7)16-9-3-2-4-14-10(9)19-12(16)18/h2-4,8H,1,5-6H2,(H,15,17). The van der Waals surface area contributed by atoms with Crippen LogP contribution in [-0.2, 0) is 10.3 Å². The molecule has 0 spiro atoms. The fourth-order valence-electron chi connectivity index (χ4n) is 3.10. The molecule has 6 nitrogen and oxygen atoms in total. The van der Waals surface area contributed by atoms with Gasteiger partial charge in [-0.2, -0.15) is 0 Å². The van der Waals surface area contributed by atoms with Crippen molar-refractivity contribution in [1.29, 1.82) is 0 Å². The number of hydrogen-bond acceptors (Lipinski definition) is 4. The molecule has 0 radical (unpaired) electrons. The molecular formula is C13H11N3O3. The molecule has 3 fully saturated rings. The Morgan fingerprint density at radius 2 is 2.26 bits per heavy atom. The summed E-state index contributed by atoms with van der Waals surface area (Å²) in [5.41, 5.74) is 0.735. The maximum absolute atomic E-state index is 12.3. The summed E-state index contributed by atoms with van der Waals surface area (Å²) in [4.78, 5) is 28.3. The molecular weight excluding hydrogens is 246 g/mol. The Labute approximate surface area is 107 Å². The highest BCUT2D eigenvalue weighted by Gasteiger charge is 2.58. The molecule has 5 rings (SSSR count). The van der Waals surface area contributed by atoms with Gasteiger partial charge in [-0.05, 0) is 25.0 Å². The Hall–Kier alpha value is -2.37. The zero-order valence-electron chi connectivity index (χ0n) is 10.0. The number of carbonyl (C=O) groups excluding carboxylic acids is 1. The van der Waals surface area contributed by atoms with Crippen molar-refractivity contribution in [2.75, 3.05) is 0 Å². The molecule has 1 saturated carbocycles. The van der Waals surface area contributed by atoms with Gasteiger partial charge in [-0.25, -0.2) is 9.78 Å². The minimum atomic E-state index is -0.836. The van der Waals surface area contributed by atoms with Crippen LogP contribution >= 0.6 is 0 Å². The van der Waals surface area contributed by atoms with E-state index in [0.29, 0.717) is 18.4 Å². The number of amides is 1. The monoisotopic (exact) mass is 257 g/mol. The number of fused-ring (bicyclic) bond motifs is 3. The molecule has 2 aromatic heterocycles. The van der Waals surface area contributed by atoms with Crippen LogP contribution < -0.4 is 11.1 Å². The van der Waals surface area contributed by atoms with Gasteiger partial charge < -0.3 is 9.73 Å². The van der Waals surface area contributed by atoms with Crippen molar-refractivity contribution >= 4 is 17.1 Å². The first kappa shape index (κ1) is 10.5. The van der Waals surface area contributed by atoms with Crippen molar-refractivity contribution in [3.05, 3.63) is 41.2 Å². The summed E-state index contributed by atoms with van der Waals surface area (Å²) in [6, 6.07) is 3.46. The topological polar surface area (TPSA) is 77.1 Å². The first-order valence-corrected chi connectivity index (χ1v) is 6.09. The second kappa shape index (κ2) is 3.14. The van der Waals surface area contributed by atoms with Gasteiger partial charge >= 0.3 is 5.76 Å². The predicted octanol–water partition coefficient (Wildman–Crippen LogP) is 0.738. The second-order valence-electron chi connectivity index (χ2n) is 5.15. The van der Waals surface area contributed by atoms with E-state index in [2.05, 4.69) is 16.9 Å². The van der Waals surface area contributed by atoms with Crippen LogP contribution in [0.25, 0.3) is 11.2 Å². The number of carbonyl (C=O) groups is 1. The molecule has 2 aromatic rings. The van der Waals surface area contributed by atoms with Crippen molar-refractivity contribution < 1.29 is 9.21 Å². The van der Waals surface area contributed by atoms with Crippen molar-refractivity contribution in [3.63, 3.8) is 0 Å². The van der Waals surface area contributed by atoms with Gasteiger partial charge in [0.05, 0.1) is 0 Å². The fraction of sp³-hybridized carbons (Fsp3) is 0.308. The van der Waals surface area contributed by atoms with Crippen LogP contribution in [0.4, 0.5) is 0 Å². The first-order chi connectivity index (χ1) is 9.12. The van der Waals surface area contributed by atoms with Crippen LogP contribution in [-0.4, -0.2) is 15.5 Å². The summed E-state index contributed by atoms with van der Waals surface area (Å²) in [6.45, 7) is 3.83. The summed E-state index contributed by atoms with van der Waals surface area (Å²) in [6.07, 6.45) is 2.75. The number of aromatic nitrogens is 2. The lowest BCUT2D eigenvalue weighted by molar-refractivity contribution is -0.140. The number of oxazole rings is 1. The second-order valence-corrected chi connectivity index (χ2v) is 5.15. The van der Waals surface area contributed by atoms with E-state index < -0.39 is 11.3 Å². The molecule has 1 aliphatic carbocycles. The highest BCUT2D eigenvalue weighted by Crippen LogP contribution is 2.50. The number of allylic oxidation sites excluding steroid dienone is 1. The Bertz CT molecular complexity index is 780. The zero-order chi connectivity index (χ0) is 13.2. The molecule has 2 saturated heterocycles. The van der Waals surface area contributed by atoms with E-state index in [9.17, 15) is 9.59 Å². The molecule has 4 heterocycles. The summed E-state index contributed by atoms with van der Waals surface area (Å²) in [5.74, 6) is -0.477. The number of pyridine rings is 1. The summed E-state index contributed by atoms with van der Waals surface area (Å²) >= 11 is 0. The Balaban J connectivity index is 1.97. The molecule has 6 heteroatoms. The van der Waals surface area contributed by atoms with Gasteiger partial charge in [0.2, 0.25) is 5.71 Å². The van der Waals surface area contributed by atoms with E-state index >= 15 is 0 Å². The summed E-state index contributed by atoms with van der Waals surface area (Å²) in [5, 5.41) is 2.74. The van der Waals surface area contributed by atoms with Crippen LogP contribution in [0, 0.1) is 5.92 Å². The van der Waals surface area contributed by atoms with E-state index in [1.807, 2.05) is 0 Å². The van der Waals surface area contributed by atoms with Crippen LogP contribution in [0.5, 0.6) is 0 Å². The van der Waals surface area contributed by atoms with Crippen molar-refractivity contribution in [3.8, 4) is 0 Å². The predicted molar refractivity (Wildman–Crippen MR) is 66.2 cm³/mol. The minimum absolute atomic E-state index is 0.186. The van der Waals surface area contributed by atoms with Gasteiger partial charge in [0.15, 0.2) is 0 Å². The third kappa shape index (κ3) is 1.13. The van der Waals surface area contributed by atoms with Crippen molar-refractivity contribution in [1.82, 2.24) is 14.9 Å². The van der Waals surface area contributed by atoms with Crippen LogP contribution in [0.1, 0.15) is 12.8 Å². The van der Waals surface area contributed by atoms with Crippen LogP contribution in [0.15, 0.2) is 39.8 Å². The number of hydrogen-bond donors (Lipinski definition) is 1. The highest BCUT2D eigenvalue weighted by molar-refractivity contribution is 5.91. The smallest absolute Gasteiger partial charge is 0.389 e. The lowest BCUT2D eigenvalue weighted by Gasteiger charge is -2.51. The molecule has 19 heavy (non-hydrogen) atoms. The molecule has 0 unspecified atom stereocenters. The first-order valence-electron chi connectivity index (χ1n) is 6.09. The van der Waals surface area contributed by atoms with Crippen molar-refractivity contribution in [2.24, 2.45) is 5.92 Å².